The Morgan fingerprint density at radius 1 is 0.929 bits per heavy atom. The molecule has 1 spiro atoms. The van der Waals surface area contributed by atoms with Crippen LogP contribution in [0.25, 0.3) is 0 Å². The largest absolute Gasteiger partial charge is 0.294 e. The molecule has 1 heterocycles. The minimum atomic E-state index is 0.260. The van der Waals surface area contributed by atoms with Crippen molar-refractivity contribution in [1.82, 2.24) is 4.90 Å². The molecule has 1 nitrogen and oxygen atoms in total. The summed E-state index contributed by atoms with van der Waals surface area (Å²) in [5.41, 5.74) is 3.64. The zero-order valence-electron chi connectivity index (χ0n) is 21.0. The highest BCUT2D eigenvalue weighted by atomic mass is 15.3. The molecule has 0 amide bonds. The van der Waals surface area contributed by atoms with Crippen LogP contribution in [0.2, 0.25) is 0 Å². The fourth-order valence-corrected chi connectivity index (χ4v) is 7.26. The van der Waals surface area contributed by atoms with E-state index in [-0.39, 0.29) is 5.54 Å². The summed E-state index contributed by atoms with van der Waals surface area (Å²) in [5, 5.41) is 0. The van der Waals surface area contributed by atoms with Gasteiger partial charge in [0.05, 0.1) is 0 Å². The van der Waals surface area contributed by atoms with Gasteiger partial charge in [0.25, 0.3) is 0 Å². The second-order valence-electron chi connectivity index (χ2n) is 14.3. The van der Waals surface area contributed by atoms with Gasteiger partial charge in [-0.1, -0.05) is 67.0 Å². The Bertz CT molecular complexity index is 612. The first-order chi connectivity index (χ1) is 12.5. The number of rotatable bonds is 3. The van der Waals surface area contributed by atoms with Crippen LogP contribution in [0.4, 0.5) is 0 Å². The normalized spacial score (nSPS) is 31.5. The molecule has 0 aromatic carbocycles. The second-order valence-corrected chi connectivity index (χ2v) is 14.3. The maximum absolute atomic E-state index is 2.90. The summed E-state index contributed by atoms with van der Waals surface area (Å²) < 4.78 is 0. The number of hydrogen-bond donors (Lipinski definition) is 0. The first-order valence-corrected chi connectivity index (χ1v) is 12.0. The highest BCUT2D eigenvalue weighted by molar-refractivity contribution is 5.23. The van der Waals surface area contributed by atoms with Crippen LogP contribution in [0, 0.1) is 33.5 Å². The first-order valence-electron chi connectivity index (χ1n) is 12.0. The standard InChI is InChI=1S/C27H49N/c1-23(2,3)20-13-12-14-21(20)26(10,11)17-19-18-28(25(7,8)9)22(24(4,5)6)27(19)15-16-27/h13,19,21-22H,12,14-18H2,1-11H3. The van der Waals surface area contributed by atoms with E-state index in [9.17, 15) is 0 Å². The van der Waals surface area contributed by atoms with Crippen molar-refractivity contribution in [3.05, 3.63) is 11.6 Å². The molecule has 3 rings (SSSR count). The van der Waals surface area contributed by atoms with E-state index in [4.69, 9.17) is 0 Å². The monoisotopic (exact) mass is 387 g/mol. The van der Waals surface area contributed by atoms with E-state index in [0.29, 0.717) is 21.7 Å². The molecule has 1 heteroatoms. The van der Waals surface area contributed by atoms with E-state index in [1.54, 1.807) is 5.57 Å². The van der Waals surface area contributed by atoms with E-state index in [1.807, 2.05) is 0 Å². The Hall–Kier alpha value is -0.300. The molecule has 3 aliphatic rings. The van der Waals surface area contributed by atoms with Gasteiger partial charge in [-0.3, -0.25) is 4.90 Å². The molecule has 1 saturated heterocycles. The van der Waals surface area contributed by atoms with Crippen molar-refractivity contribution in [3.63, 3.8) is 0 Å². The lowest BCUT2D eigenvalue weighted by Crippen LogP contribution is -2.52. The number of nitrogens with zero attached hydrogens (tertiary/aromatic N) is 1. The topological polar surface area (TPSA) is 3.24 Å². The third-order valence-corrected chi connectivity index (χ3v) is 8.37. The third-order valence-electron chi connectivity index (χ3n) is 8.37. The van der Waals surface area contributed by atoms with Gasteiger partial charge in [-0.25, -0.2) is 0 Å². The predicted molar refractivity (Wildman–Crippen MR) is 124 cm³/mol. The zero-order chi connectivity index (χ0) is 21.3. The van der Waals surface area contributed by atoms with Crippen LogP contribution in [0.3, 0.4) is 0 Å². The molecular formula is C27H49N. The summed E-state index contributed by atoms with van der Waals surface area (Å²) in [5.74, 6) is 1.62. The molecule has 3 unspecified atom stereocenters. The summed E-state index contributed by atoms with van der Waals surface area (Å²) in [6.07, 6.45) is 9.53. The van der Waals surface area contributed by atoms with Crippen LogP contribution in [-0.2, 0) is 0 Å². The van der Waals surface area contributed by atoms with Gasteiger partial charge in [-0.05, 0) is 86.4 Å². The van der Waals surface area contributed by atoms with Gasteiger partial charge in [0.2, 0.25) is 0 Å². The lowest BCUT2D eigenvalue weighted by molar-refractivity contribution is 0.0325. The maximum atomic E-state index is 2.90. The molecule has 1 aliphatic heterocycles. The highest BCUT2D eigenvalue weighted by Crippen LogP contribution is 2.67. The lowest BCUT2D eigenvalue weighted by atomic mass is 9.63. The molecule has 0 aromatic heterocycles. The van der Waals surface area contributed by atoms with Crippen molar-refractivity contribution in [2.45, 2.75) is 120 Å². The Labute approximate surface area is 176 Å². The average molecular weight is 388 g/mol. The number of hydrogen-bond acceptors (Lipinski definition) is 1. The van der Waals surface area contributed by atoms with Gasteiger partial charge < -0.3 is 0 Å². The van der Waals surface area contributed by atoms with Gasteiger partial charge in [-0.15, -0.1) is 0 Å². The van der Waals surface area contributed by atoms with E-state index < -0.39 is 0 Å². The lowest BCUT2D eigenvalue weighted by Gasteiger charge is -2.45. The quantitative estimate of drug-likeness (QED) is 0.448. The molecule has 0 N–H and O–H groups in total. The molecule has 0 aromatic rings. The molecular weight excluding hydrogens is 338 g/mol. The van der Waals surface area contributed by atoms with Crippen LogP contribution in [0.5, 0.6) is 0 Å². The fraction of sp³-hybridized carbons (Fsp3) is 0.926. The van der Waals surface area contributed by atoms with Crippen LogP contribution in [-0.4, -0.2) is 23.0 Å². The third kappa shape index (κ3) is 3.86. The van der Waals surface area contributed by atoms with Gasteiger partial charge in [-0.2, -0.15) is 0 Å². The van der Waals surface area contributed by atoms with Gasteiger partial charge >= 0.3 is 0 Å². The van der Waals surface area contributed by atoms with E-state index in [1.165, 1.54) is 38.6 Å². The smallest absolute Gasteiger partial charge is 0.0209 e. The SMILES string of the molecule is CC(C)(C)C1=CCCC1C(C)(C)CC1CN(C(C)(C)C)C(C(C)(C)C)C12CC2. The van der Waals surface area contributed by atoms with Gasteiger partial charge in [0.1, 0.15) is 0 Å². The van der Waals surface area contributed by atoms with E-state index >= 15 is 0 Å². The summed E-state index contributed by atoms with van der Waals surface area (Å²) >= 11 is 0. The van der Waals surface area contributed by atoms with Crippen LogP contribution < -0.4 is 0 Å². The van der Waals surface area contributed by atoms with Crippen molar-refractivity contribution in [1.29, 1.82) is 0 Å². The minimum absolute atomic E-state index is 0.260. The molecule has 3 atom stereocenters. The Morgan fingerprint density at radius 3 is 1.93 bits per heavy atom. The maximum Gasteiger partial charge on any atom is 0.0209 e. The van der Waals surface area contributed by atoms with Crippen LogP contribution in [0.1, 0.15) is 108 Å². The molecule has 1 saturated carbocycles. The van der Waals surface area contributed by atoms with Crippen molar-refractivity contribution in [2.75, 3.05) is 6.54 Å². The van der Waals surface area contributed by atoms with Crippen LogP contribution in [0.15, 0.2) is 11.6 Å². The van der Waals surface area contributed by atoms with Crippen LogP contribution >= 0.6 is 0 Å². The number of likely N-dealkylation sites (tertiary alicyclic amines) is 1. The summed E-state index contributed by atoms with van der Waals surface area (Å²) in [6.45, 7) is 28.5. The Balaban J connectivity index is 1.87. The molecule has 0 bridgehead atoms. The zero-order valence-corrected chi connectivity index (χ0v) is 21.0. The summed E-state index contributed by atoms with van der Waals surface area (Å²) in [4.78, 5) is 2.90. The van der Waals surface area contributed by atoms with Crippen molar-refractivity contribution < 1.29 is 0 Å². The average Bonchev–Trinajstić information content (AvgIpc) is 2.94. The first kappa shape index (κ1) is 22.4. The molecule has 162 valence electrons. The molecule has 2 aliphatic carbocycles. The van der Waals surface area contributed by atoms with Gasteiger partial charge in [0, 0.05) is 18.1 Å². The summed E-state index contributed by atoms with van der Waals surface area (Å²) in [7, 11) is 0. The minimum Gasteiger partial charge on any atom is -0.294 e. The van der Waals surface area contributed by atoms with Gasteiger partial charge in [0.15, 0.2) is 0 Å². The van der Waals surface area contributed by atoms with Crippen molar-refractivity contribution in [2.24, 2.45) is 33.5 Å². The predicted octanol–water partition coefficient (Wildman–Crippen LogP) is 7.71. The molecule has 0 radical (unpaired) electrons. The highest BCUT2D eigenvalue weighted by Gasteiger charge is 2.65. The van der Waals surface area contributed by atoms with Crippen molar-refractivity contribution >= 4 is 0 Å². The summed E-state index contributed by atoms with van der Waals surface area (Å²) in [6, 6.07) is 0.724. The van der Waals surface area contributed by atoms with Crippen molar-refractivity contribution in [3.8, 4) is 0 Å². The van der Waals surface area contributed by atoms with E-state index in [2.05, 4.69) is 87.1 Å². The Morgan fingerprint density at radius 2 is 1.50 bits per heavy atom. The van der Waals surface area contributed by atoms with E-state index in [0.717, 1.165) is 17.9 Å². The fourth-order valence-electron chi connectivity index (χ4n) is 7.26. The second kappa shape index (κ2) is 6.60. The Kier molecular flexibility index (Phi) is 5.28. The number of allylic oxidation sites excluding steroid dienone is 2. The molecule has 2 fully saturated rings. The molecule has 28 heavy (non-hydrogen) atoms.